The summed E-state index contributed by atoms with van der Waals surface area (Å²) in [6.45, 7) is 2.87. The first kappa shape index (κ1) is 14.1. The lowest BCUT2D eigenvalue weighted by atomic mass is 9.80. The third-order valence-electron chi connectivity index (χ3n) is 4.49. The van der Waals surface area contributed by atoms with Crippen LogP contribution < -0.4 is 5.32 Å². The molecule has 3 rings (SSSR count). The first-order valence-corrected chi connectivity index (χ1v) is 7.96. The maximum absolute atomic E-state index is 5.37. The highest BCUT2D eigenvalue weighted by molar-refractivity contribution is 5.42. The van der Waals surface area contributed by atoms with E-state index in [0.29, 0.717) is 18.4 Å². The van der Waals surface area contributed by atoms with Crippen LogP contribution >= 0.6 is 0 Å². The number of nitrogens with zero attached hydrogens (tertiary/aromatic N) is 2. The molecule has 1 saturated carbocycles. The van der Waals surface area contributed by atoms with Crippen molar-refractivity contribution < 1.29 is 4.52 Å². The minimum Gasteiger partial charge on any atom is -0.376 e. The fraction of sp³-hybridized carbons (Fsp3) is 0.529. The van der Waals surface area contributed by atoms with Gasteiger partial charge in [-0.15, -0.1) is 0 Å². The van der Waals surface area contributed by atoms with Gasteiger partial charge in [-0.3, -0.25) is 0 Å². The van der Waals surface area contributed by atoms with Crippen molar-refractivity contribution in [1.82, 2.24) is 10.1 Å². The first-order valence-electron chi connectivity index (χ1n) is 7.96. The molecule has 1 aromatic heterocycles. The average Bonchev–Trinajstić information content (AvgIpc) is 3.03. The lowest BCUT2D eigenvalue weighted by Crippen LogP contribution is -2.13. The highest BCUT2D eigenvalue weighted by Gasteiger charge is 2.24. The quantitative estimate of drug-likeness (QED) is 0.886. The Morgan fingerprint density at radius 1 is 1.14 bits per heavy atom. The minimum absolute atomic E-state index is 0.488. The number of hydrogen-bond donors (Lipinski definition) is 1. The normalized spacial score (nSPS) is 22.1. The van der Waals surface area contributed by atoms with Gasteiger partial charge in [0.05, 0.1) is 6.54 Å². The summed E-state index contributed by atoms with van der Waals surface area (Å²) in [4.78, 5) is 4.56. The van der Waals surface area contributed by atoms with E-state index in [1.54, 1.807) is 0 Å². The first-order chi connectivity index (χ1) is 10.3. The number of rotatable bonds is 5. The molecule has 21 heavy (non-hydrogen) atoms. The van der Waals surface area contributed by atoms with Crippen molar-refractivity contribution in [3.05, 3.63) is 42.0 Å². The number of nitrogens with one attached hydrogen (secondary N) is 1. The molecule has 1 aliphatic carbocycles. The Balaban J connectivity index is 1.54. The van der Waals surface area contributed by atoms with Crippen LogP contribution in [0.5, 0.6) is 0 Å². The van der Waals surface area contributed by atoms with Crippen molar-refractivity contribution in [1.29, 1.82) is 0 Å². The third kappa shape index (κ3) is 3.63. The Labute approximate surface area is 126 Å². The predicted octanol–water partition coefficient (Wildman–Crippen LogP) is 4.37. The van der Waals surface area contributed by atoms with Crippen LogP contribution in [0.15, 0.2) is 34.9 Å². The molecule has 2 aromatic rings. The van der Waals surface area contributed by atoms with Gasteiger partial charge in [-0.2, -0.15) is 4.98 Å². The molecule has 0 bridgehead atoms. The van der Waals surface area contributed by atoms with Crippen LogP contribution in [-0.4, -0.2) is 10.1 Å². The van der Waals surface area contributed by atoms with Gasteiger partial charge in [-0.05, 0) is 43.7 Å². The topological polar surface area (TPSA) is 51.0 Å². The average molecular weight is 285 g/mol. The summed E-state index contributed by atoms with van der Waals surface area (Å²) in [5.41, 5.74) is 1.07. The summed E-state index contributed by atoms with van der Waals surface area (Å²) in [6, 6.07) is 10.1. The SMILES string of the molecule is CCC1CCC(c2noc(CNc3ccccc3)n2)CC1. The van der Waals surface area contributed by atoms with E-state index in [4.69, 9.17) is 4.52 Å². The van der Waals surface area contributed by atoms with Gasteiger partial charge in [0.15, 0.2) is 5.82 Å². The highest BCUT2D eigenvalue weighted by Crippen LogP contribution is 2.35. The molecule has 0 saturated heterocycles. The molecule has 0 radical (unpaired) electrons. The van der Waals surface area contributed by atoms with Crippen LogP contribution in [0.25, 0.3) is 0 Å². The van der Waals surface area contributed by atoms with Crippen molar-refractivity contribution in [2.45, 2.75) is 51.5 Å². The van der Waals surface area contributed by atoms with E-state index < -0.39 is 0 Å². The molecule has 112 valence electrons. The summed E-state index contributed by atoms with van der Waals surface area (Å²) < 4.78 is 5.37. The lowest BCUT2D eigenvalue weighted by Gasteiger charge is -2.25. The van der Waals surface area contributed by atoms with Crippen molar-refractivity contribution in [2.75, 3.05) is 5.32 Å². The van der Waals surface area contributed by atoms with Gasteiger partial charge in [0, 0.05) is 11.6 Å². The Bertz CT molecular complexity index is 544. The van der Waals surface area contributed by atoms with Gasteiger partial charge >= 0.3 is 0 Å². The maximum atomic E-state index is 5.37. The number of aromatic nitrogens is 2. The predicted molar refractivity (Wildman–Crippen MR) is 83.1 cm³/mol. The van der Waals surface area contributed by atoms with Gasteiger partial charge in [-0.1, -0.05) is 36.7 Å². The van der Waals surface area contributed by atoms with E-state index in [2.05, 4.69) is 22.4 Å². The van der Waals surface area contributed by atoms with E-state index in [1.807, 2.05) is 30.3 Å². The molecule has 0 atom stereocenters. The summed E-state index contributed by atoms with van der Waals surface area (Å²) in [5, 5.41) is 7.47. The van der Waals surface area contributed by atoms with E-state index in [0.717, 1.165) is 17.4 Å². The molecule has 1 N–H and O–H groups in total. The second-order valence-corrected chi connectivity index (χ2v) is 5.89. The molecular formula is C17H23N3O. The molecule has 1 aromatic carbocycles. The monoisotopic (exact) mass is 285 g/mol. The third-order valence-corrected chi connectivity index (χ3v) is 4.49. The van der Waals surface area contributed by atoms with Crippen molar-refractivity contribution in [3.8, 4) is 0 Å². The zero-order valence-corrected chi connectivity index (χ0v) is 12.6. The summed E-state index contributed by atoms with van der Waals surface area (Å²) in [7, 11) is 0. The molecule has 1 heterocycles. The summed E-state index contributed by atoms with van der Waals surface area (Å²) in [6.07, 6.45) is 6.29. The fourth-order valence-electron chi connectivity index (χ4n) is 3.07. The van der Waals surface area contributed by atoms with E-state index >= 15 is 0 Å². The number of benzene rings is 1. The van der Waals surface area contributed by atoms with Crippen molar-refractivity contribution >= 4 is 5.69 Å². The second-order valence-electron chi connectivity index (χ2n) is 5.89. The Morgan fingerprint density at radius 3 is 2.62 bits per heavy atom. The molecule has 1 fully saturated rings. The van der Waals surface area contributed by atoms with Crippen LogP contribution in [0.4, 0.5) is 5.69 Å². The summed E-state index contributed by atoms with van der Waals surface area (Å²) >= 11 is 0. The molecule has 0 spiro atoms. The second kappa shape index (κ2) is 6.74. The van der Waals surface area contributed by atoms with Crippen LogP contribution in [-0.2, 0) is 6.54 Å². The Hall–Kier alpha value is -1.84. The van der Waals surface area contributed by atoms with Crippen LogP contribution in [0.2, 0.25) is 0 Å². The van der Waals surface area contributed by atoms with Crippen molar-refractivity contribution in [3.63, 3.8) is 0 Å². The molecule has 0 aliphatic heterocycles. The largest absolute Gasteiger partial charge is 0.376 e. The number of para-hydroxylation sites is 1. The lowest BCUT2D eigenvalue weighted by molar-refractivity contribution is 0.303. The molecular weight excluding hydrogens is 262 g/mol. The van der Waals surface area contributed by atoms with Gasteiger partial charge < -0.3 is 9.84 Å². The molecule has 4 heteroatoms. The van der Waals surface area contributed by atoms with Gasteiger partial charge in [0.1, 0.15) is 0 Å². The standard InChI is InChI=1S/C17H23N3O/c1-2-13-8-10-14(11-9-13)17-19-16(21-20-17)12-18-15-6-4-3-5-7-15/h3-7,13-14,18H,2,8-12H2,1H3. The molecule has 4 nitrogen and oxygen atoms in total. The molecule has 0 unspecified atom stereocenters. The maximum Gasteiger partial charge on any atom is 0.245 e. The zero-order chi connectivity index (χ0) is 14.5. The highest BCUT2D eigenvalue weighted by atomic mass is 16.5. The Kier molecular flexibility index (Phi) is 4.53. The van der Waals surface area contributed by atoms with E-state index in [1.165, 1.54) is 32.1 Å². The smallest absolute Gasteiger partial charge is 0.245 e. The Morgan fingerprint density at radius 2 is 1.90 bits per heavy atom. The molecule has 1 aliphatic rings. The van der Waals surface area contributed by atoms with E-state index in [-0.39, 0.29) is 0 Å². The van der Waals surface area contributed by atoms with E-state index in [9.17, 15) is 0 Å². The summed E-state index contributed by atoms with van der Waals surface area (Å²) in [5.74, 6) is 2.95. The minimum atomic E-state index is 0.488. The molecule has 0 amide bonds. The fourth-order valence-corrected chi connectivity index (χ4v) is 3.07. The van der Waals surface area contributed by atoms with Crippen molar-refractivity contribution in [2.24, 2.45) is 5.92 Å². The number of anilines is 1. The van der Waals surface area contributed by atoms with Crippen LogP contribution in [0.1, 0.15) is 56.7 Å². The number of hydrogen-bond acceptors (Lipinski definition) is 4. The van der Waals surface area contributed by atoms with Crippen LogP contribution in [0.3, 0.4) is 0 Å². The van der Waals surface area contributed by atoms with Crippen LogP contribution in [0, 0.1) is 5.92 Å². The van der Waals surface area contributed by atoms with Gasteiger partial charge in [0.2, 0.25) is 5.89 Å². The van der Waals surface area contributed by atoms with Gasteiger partial charge in [-0.25, -0.2) is 0 Å². The zero-order valence-electron chi connectivity index (χ0n) is 12.6. The van der Waals surface area contributed by atoms with Gasteiger partial charge in [0.25, 0.3) is 0 Å².